The van der Waals surface area contributed by atoms with Crippen LogP contribution in [0.4, 0.5) is 5.69 Å². The van der Waals surface area contributed by atoms with Crippen LogP contribution in [0.1, 0.15) is 42.6 Å². The average molecular weight is 466 g/mol. The number of nitrogens with one attached hydrogen (secondary N) is 1. The van der Waals surface area contributed by atoms with Crippen LogP contribution >= 0.6 is 0 Å². The molecular formula is C27H35N3O4. The molecule has 4 rings (SSSR count). The highest BCUT2D eigenvalue weighted by Gasteiger charge is 2.34. The number of carbonyl (C=O) groups excluding carboxylic acids is 2. The molecule has 1 fully saturated rings. The average Bonchev–Trinajstić information content (AvgIpc) is 3.67. The summed E-state index contributed by atoms with van der Waals surface area (Å²) in [5, 5.41) is 12.8. The van der Waals surface area contributed by atoms with E-state index < -0.39 is 0 Å². The number of benzene rings is 2. The van der Waals surface area contributed by atoms with Crippen molar-refractivity contribution in [1.29, 1.82) is 0 Å². The molecule has 2 aromatic carbocycles. The first-order valence-electron chi connectivity index (χ1n) is 12.1. The van der Waals surface area contributed by atoms with E-state index in [2.05, 4.69) is 36.3 Å². The van der Waals surface area contributed by atoms with E-state index in [1.54, 1.807) is 23.1 Å². The van der Waals surface area contributed by atoms with Gasteiger partial charge in [-0.05, 0) is 50.6 Å². The second kappa shape index (κ2) is 10.6. The Morgan fingerprint density at radius 2 is 1.97 bits per heavy atom. The van der Waals surface area contributed by atoms with Crippen LogP contribution in [0.5, 0.6) is 5.75 Å². The number of likely N-dealkylation sites (N-methyl/N-ethyl adjacent to an activating group) is 1. The molecular weight excluding hydrogens is 430 g/mol. The number of amides is 2. The Balaban J connectivity index is 1.58. The summed E-state index contributed by atoms with van der Waals surface area (Å²) >= 11 is 0. The smallest absolute Gasteiger partial charge is 0.258 e. The number of carbonyl (C=O) groups is 2. The highest BCUT2D eigenvalue weighted by atomic mass is 16.5. The molecule has 0 aromatic heterocycles. The summed E-state index contributed by atoms with van der Waals surface area (Å²) < 4.78 is 6.45. The largest absolute Gasteiger partial charge is 0.488 e. The summed E-state index contributed by atoms with van der Waals surface area (Å²) in [6, 6.07) is 15.2. The van der Waals surface area contributed by atoms with Gasteiger partial charge in [0.05, 0.1) is 18.2 Å². The number of nitrogens with zero attached hydrogens (tertiary/aromatic N) is 2. The Morgan fingerprint density at radius 1 is 1.24 bits per heavy atom. The quantitative estimate of drug-likeness (QED) is 0.625. The minimum atomic E-state index is -0.326. The second-order valence-electron chi connectivity index (χ2n) is 9.78. The maximum absolute atomic E-state index is 13.5. The summed E-state index contributed by atoms with van der Waals surface area (Å²) in [4.78, 5) is 29.7. The molecule has 0 saturated heterocycles. The van der Waals surface area contributed by atoms with Gasteiger partial charge in [0.1, 0.15) is 11.9 Å². The number of hydrogen-bond acceptors (Lipinski definition) is 5. The summed E-state index contributed by atoms with van der Waals surface area (Å²) in [5.74, 6) is 0.439. The van der Waals surface area contributed by atoms with Crippen molar-refractivity contribution in [2.75, 3.05) is 32.1 Å². The van der Waals surface area contributed by atoms with Gasteiger partial charge in [0.15, 0.2) is 0 Å². The molecule has 1 aliphatic heterocycles. The third-order valence-electron chi connectivity index (χ3n) is 6.67. The van der Waals surface area contributed by atoms with E-state index in [4.69, 9.17) is 4.74 Å². The van der Waals surface area contributed by atoms with E-state index in [1.165, 1.54) is 5.56 Å². The van der Waals surface area contributed by atoms with Gasteiger partial charge in [-0.3, -0.25) is 14.5 Å². The normalized spacial score (nSPS) is 21.3. The lowest BCUT2D eigenvalue weighted by Gasteiger charge is -2.38. The van der Waals surface area contributed by atoms with Gasteiger partial charge >= 0.3 is 0 Å². The van der Waals surface area contributed by atoms with Gasteiger partial charge in [-0.2, -0.15) is 0 Å². The first-order chi connectivity index (χ1) is 16.4. The van der Waals surface area contributed by atoms with Crippen LogP contribution in [0.2, 0.25) is 0 Å². The van der Waals surface area contributed by atoms with Gasteiger partial charge in [0.25, 0.3) is 5.91 Å². The van der Waals surface area contributed by atoms with Crippen LogP contribution < -0.4 is 10.1 Å². The SMILES string of the molecule is C[C@H](CO)N1C[C@H](C)[C@@H](CN(C)Cc2ccccc2)Oc2ccc(NC(=O)C3CC3)cc2C1=O. The molecule has 1 heterocycles. The van der Waals surface area contributed by atoms with Crippen molar-refractivity contribution in [3.63, 3.8) is 0 Å². The Morgan fingerprint density at radius 3 is 2.65 bits per heavy atom. The predicted molar refractivity (Wildman–Crippen MR) is 132 cm³/mol. The van der Waals surface area contributed by atoms with Crippen molar-refractivity contribution in [2.45, 2.75) is 45.4 Å². The first-order valence-corrected chi connectivity index (χ1v) is 12.1. The molecule has 182 valence electrons. The Kier molecular flexibility index (Phi) is 7.54. The molecule has 1 aliphatic carbocycles. The van der Waals surface area contributed by atoms with E-state index in [9.17, 15) is 14.7 Å². The topological polar surface area (TPSA) is 82.1 Å². The van der Waals surface area contributed by atoms with Gasteiger partial charge in [-0.15, -0.1) is 0 Å². The molecule has 0 unspecified atom stereocenters. The zero-order valence-electron chi connectivity index (χ0n) is 20.2. The van der Waals surface area contributed by atoms with E-state index in [0.717, 1.165) is 19.4 Å². The number of aliphatic hydroxyl groups excluding tert-OH is 1. The molecule has 7 nitrogen and oxygen atoms in total. The van der Waals surface area contributed by atoms with Crippen LogP contribution in [-0.4, -0.2) is 65.6 Å². The van der Waals surface area contributed by atoms with E-state index in [-0.39, 0.29) is 42.4 Å². The Bertz CT molecular complexity index is 1010. The first kappa shape index (κ1) is 24.2. The molecule has 0 spiro atoms. The molecule has 7 heteroatoms. The van der Waals surface area contributed by atoms with Gasteiger partial charge in [-0.1, -0.05) is 37.3 Å². The standard InChI is InChI=1S/C27H35N3O4/c1-18-14-30(19(2)17-31)27(33)23-13-22(28-26(32)21-9-10-21)11-12-24(23)34-25(18)16-29(3)15-20-7-5-4-6-8-20/h4-8,11-13,18-19,21,25,31H,9-10,14-17H2,1-3H3,(H,28,32)/t18-,19+,25+/m0/s1. The lowest BCUT2D eigenvalue weighted by molar-refractivity contribution is -0.117. The number of fused-ring (bicyclic) bond motifs is 1. The zero-order valence-corrected chi connectivity index (χ0v) is 20.2. The number of ether oxygens (including phenoxy) is 1. The zero-order chi connectivity index (χ0) is 24.2. The van der Waals surface area contributed by atoms with Crippen LogP contribution in [0, 0.1) is 11.8 Å². The lowest BCUT2D eigenvalue weighted by atomic mass is 9.99. The van der Waals surface area contributed by atoms with Crippen molar-refractivity contribution >= 4 is 17.5 Å². The van der Waals surface area contributed by atoms with Gasteiger partial charge in [-0.25, -0.2) is 0 Å². The van der Waals surface area contributed by atoms with Crippen molar-refractivity contribution in [3.05, 3.63) is 59.7 Å². The highest BCUT2D eigenvalue weighted by Crippen LogP contribution is 2.33. The fourth-order valence-electron chi connectivity index (χ4n) is 4.37. The van der Waals surface area contributed by atoms with E-state index >= 15 is 0 Å². The summed E-state index contributed by atoms with van der Waals surface area (Å²) in [7, 11) is 2.07. The van der Waals surface area contributed by atoms with E-state index in [0.29, 0.717) is 30.1 Å². The molecule has 0 radical (unpaired) electrons. The van der Waals surface area contributed by atoms with Crippen LogP contribution in [0.15, 0.2) is 48.5 Å². The van der Waals surface area contributed by atoms with Crippen molar-refractivity contribution in [2.24, 2.45) is 11.8 Å². The van der Waals surface area contributed by atoms with Crippen LogP contribution in [-0.2, 0) is 11.3 Å². The molecule has 1 saturated carbocycles. The van der Waals surface area contributed by atoms with Crippen molar-refractivity contribution in [3.8, 4) is 5.75 Å². The third kappa shape index (κ3) is 5.77. The highest BCUT2D eigenvalue weighted by molar-refractivity contribution is 6.00. The number of rotatable bonds is 8. The maximum atomic E-state index is 13.5. The lowest BCUT2D eigenvalue weighted by Crippen LogP contribution is -2.49. The Hall–Kier alpha value is -2.90. The minimum Gasteiger partial charge on any atom is -0.488 e. The third-order valence-corrected chi connectivity index (χ3v) is 6.67. The van der Waals surface area contributed by atoms with Gasteiger partial charge in [0, 0.05) is 37.2 Å². The molecule has 3 atom stereocenters. The maximum Gasteiger partial charge on any atom is 0.258 e. The number of hydrogen-bond donors (Lipinski definition) is 2. The molecule has 34 heavy (non-hydrogen) atoms. The second-order valence-corrected chi connectivity index (χ2v) is 9.78. The van der Waals surface area contributed by atoms with Gasteiger partial charge < -0.3 is 20.1 Å². The summed E-state index contributed by atoms with van der Waals surface area (Å²) in [6.07, 6.45) is 1.67. The molecule has 0 bridgehead atoms. The van der Waals surface area contributed by atoms with Crippen molar-refractivity contribution in [1.82, 2.24) is 9.80 Å². The fourth-order valence-corrected chi connectivity index (χ4v) is 4.37. The van der Waals surface area contributed by atoms with E-state index in [1.807, 2.05) is 25.1 Å². The van der Waals surface area contributed by atoms with Crippen LogP contribution in [0.25, 0.3) is 0 Å². The molecule has 2 aromatic rings. The predicted octanol–water partition coefficient (Wildman–Crippen LogP) is 3.39. The Labute approximate surface area is 201 Å². The van der Waals surface area contributed by atoms with Crippen LogP contribution in [0.3, 0.4) is 0 Å². The van der Waals surface area contributed by atoms with Crippen molar-refractivity contribution < 1.29 is 19.4 Å². The molecule has 2 N–H and O–H groups in total. The van der Waals surface area contributed by atoms with Gasteiger partial charge in [0.2, 0.25) is 5.91 Å². The number of anilines is 1. The fraction of sp³-hybridized carbons (Fsp3) is 0.481. The number of aliphatic hydroxyl groups is 1. The molecule has 2 amide bonds. The minimum absolute atomic E-state index is 0.00576. The monoisotopic (exact) mass is 465 g/mol. The molecule has 2 aliphatic rings. The summed E-state index contributed by atoms with van der Waals surface area (Å²) in [5.41, 5.74) is 2.23. The summed E-state index contributed by atoms with van der Waals surface area (Å²) in [6.45, 7) is 5.77.